The van der Waals surface area contributed by atoms with Crippen LogP contribution >= 0.6 is 0 Å². The summed E-state index contributed by atoms with van der Waals surface area (Å²) in [6.07, 6.45) is 1.72. The molecule has 2 rings (SSSR count). The molecule has 1 atom stereocenters. The van der Waals surface area contributed by atoms with Gasteiger partial charge in [0.25, 0.3) is 0 Å². The van der Waals surface area contributed by atoms with Gasteiger partial charge in [-0.15, -0.1) is 0 Å². The quantitative estimate of drug-likeness (QED) is 0.731. The Balaban J connectivity index is 2.43. The molecule has 1 nitrogen and oxygen atoms in total. The van der Waals surface area contributed by atoms with Crippen LogP contribution in [0.15, 0.2) is 12.1 Å². The Morgan fingerprint density at radius 1 is 1.14 bits per heavy atom. The van der Waals surface area contributed by atoms with Gasteiger partial charge in [-0.1, -0.05) is 0 Å². The fraction of sp³-hybridized carbons (Fsp3) is 0.400. The lowest BCUT2D eigenvalue weighted by molar-refractivity contribution is 0.454. The largest absolute Gasteiger partial charge is 0.324 e. The van der Waals surface area contributed by atoms with Crippen LogP contribution in [0, 0.1) is 23.4 Å². The van der Waals surface area contributed by atoms with Crippen molar-refractivity contribution >= 4 is 0 Å². The first-order valence-corrected chi connectivity index (χ1v) is 4.50. The first-order valence-electron chi connectivity index (χ1n) is 4.50. The van der Waals surface area contributed by atoms with Gasteiger partial charge in [-0.25, -0.2) is 13.2 Å². The molecule has 4 heteroatoms. The zero-order valence-corrected chi connectivity index (χ0v) is 7.43. The molecule has 1 saturated carbocycles. The van der Waals surface area contributed by atoms with Crippen molar-refractivity contribution in [2.45, 2.75) is 18.9 Å². The van der Waals surface area contributed by atoms with E-state index in [0.29, 0.717) is 0 Å². The van der Waals surface area contributed by atoms with E-state index in [1.807, 2.05) is 0 Å². The van der Waals surface area contributed by atoms with Gasteiger partial charge in [0.2, 0.25) is 0 Å². The summed E-state index contributed by atoms with van der Waals surface area (Å²) < 4.78 is 39.2. The second-order valence-electron chi connectivity index (χ2n) is 3.62. The minimum Gasteiger partial charge on any atom is -0.324 e. The number of rotatable bonds is 2. The normalized spacial score (nSPS) is 18.3. The molecule has 1 aromatic rings. The highest BCUT2D eigenvalue weighted by molar-refractivity contribution is 5.25. The second kappa shape index (κ2) is 3.28. The highest BCUT2D eigenvalue weighted by atomic mass is 19.2. The third-order valence-corrected chi connectivity index (χ3v) is 2.54. The molecular weight excluding hydrogens is 191 g/mol. The van der Waals surface area contributed by atoms with E-state index >= 15 is 0 Å². The SMILES string of the molecule is N[C@H](c1c(F)ccc(F)c1F)C1CC1. The van der Waals surface area contributed by atoms with E-state index in [9.17, 15) is 13.2 Å². The van der Waals surface area contributed by atoms with Gasteiger partial charge in [-0.3, -0.25) is 0 Å². The monoisotopic (exact) mass is 201 g/mol. The highest BCUT2D eigenvalue weighted by Gasteiger charge is 2.33. The number of nitrogens with two attached hydrogens (primary N) is 1. The molecule has 0 spiro atoms. The van der Waals surface area contributed by atoms with Gasteiger partial charge in [0.15, 0.2) is 11.6 Å². The van der Waals surface area contributed by atoms with Crippen molar-refractivity contribution in [2.24, 2.45) is 11.7 Å². The van der Waals surface area contributed by atoms with Crippen molar-refractivity contribution in [1.29, 1.82) is 0 Å². The maximum absolute atomic E-state index is 13.2. The number of hydrogen-bond donors (Lipinski definition) is 1. The van der Waals surface area contributed by atoms with Gasteiger partial charge in [-0.05, 0) is 30.9 Å². The third kappa shape index (κ3) is 1.50. The van der Waals surface area contributed by atoms with Crippen LogP contribution in [0.2, 0.25) is 0 Å². The Labute approximate surface area is 79.7 Å². The van der Waals surface area contributed by atoms with E-state index in [1.54, 1.807) is 0 Å². The second-order valence-corrected chi connectivity index (χ2v) is 3.62. The van der Waals surface area contributed by atoms with Gasteiger partial charge in [0.05, 0.1) is 0 Å². The molecule has 0 saturated heterocycles. The molecule has 0 radical (unpaired) electrons. The Hall–Kier alpha value is -1.03. The molecule has 0 aromatic heterocycles. The molecule has 1 aromatic carbocycles. The third-order valence-electron chi connectivity index (χ3n) is 2.54. The predicted molar refractivity (Wildman–Crippen MR) is 46.0 cm³/mol. The lowest BCUT2D eigenvalue weighted by Crippen LogP contribution is -2.17. The van der Waals surface area contributed by atoms with Crippen molar-refractivity contribution in [2.75, 3.05) is 0 Å². The zero-order valence-electron chi connectivity index (χ0n) is 7.43. The maximum Gasteiger partial charge on any atom is 0.166 e. The van der Waals surface area contributed by atoms with Crippen molar-refractivity contribution in [3.63, 3.8) is 0 Å². The van der Waals surface area contributed by atoms with E-state index in [-0.39, 0.29) is 11.5 Å². The van der Waals surface area contributed by atoms with Crippen LogP contribution in [0.4, 0.5) is 13.2 Å². The Morgan fingerprint density at radius 3 is 2.29 bits per heavy atom. The molecule has 0 heterocycles. The average Bonchev–Trinajstić information content (AvgIpc) is 2.95. The summed E-state index contributed by atoms with van der Waals surface area (Å²) in [6.45, 7) is 0. The Bertz CT molecular complexity index is 361. The predicted octanol–water partition coefficient (Wildman–Crippen LogP) is 2.51. The van der Waals surface area contributed by atoms with Crippen LogP contribution in [0.25, 0.3) is 0 Å². The smallest absolute Gasteiger partial charge is 0.166 e. The van der Waals surface area contributed by atoms with Crippen LogP contribution in [0.1, 0.15) is 24.4 Å². The van der Waals surface area contributed by atoms with Crippen molar-refractivity contribution in [3.8, 4) is 0 Å². The van der Waals surface area contributed by atoms with E-state index in [1.165, 1.54) is 0 Å². The summed E-state index contributed by atoms with van der Waals surface area (Å²) in [4.78, 5) is 0. The first kappa shape index (κ1) is 9.52. The fourth-order valence-corrected chi connectivity index (χ4v) is 1.54. The molecule has 1 aliphatic carbocycles. The summed E-state index contributed by atoms with van der Waals surface area (Å²) in [5.74, 6) is -2.86. The first-order chi connectivity index (χ1) is 6.61. The van der Waals surface area contributed by atoms with Crippen LogP contribution in [0.5, 0.6) is 0 Å². The van der Waals surface area contributed by atoms with Crippen LogP contribution in [-0.4, -0.2) is 0 Å². The fourth-order valence-electron chi connectivity index (χ4n) is 1.54. The van der Waals surface area contributed by atoms with Crippen molar-refractivity contribution in [3.05, 3.63) is 35.1 Å². The number of hydrogen-bond acceptors (Lipinski definition) is 1. The molecular formula is C10H10F3N. The number of benzene rings is 1. The summed E-state index contributed by atoms with van der Waals surface area (Å²) in [7, 11) is 0. The summed E-state index contributed by atoms with van der Waals surface area (Å²) in [5.41, 5.74) is 5.31. The summed E-state index contributed by atoms with van der Waals surface area (Å²) in [6, 6.07) is 0.967. The Morgan fingerprint density at radius 2 is 1.71 bits per heavy atom. The van der Waals surface area contributed by atoms with Crippen LogP contribution in [0.3, 0.4) is 0 Å². The lowest BCUT2D eigenvalue weighted by Gasteiger charge is -2.12. The van der Waals surface area contributed by atoms with Crippen LogP contribution < -0.4 is 5.73 Å². The topological polar surface area (TPSA) is 26.0 Å². The molecule has 0 aliphatic heterocycles. The number of halogens is 3. The van der Waals surface area contributed by atoms with E-state index in [0.717, 1.165) is 25.0 Å². The molecule has 1 fully saturated rings. The van der Waals surface area contributed by atoms with Gasteiger partial charge in [0.1, 0.15) is 5.82 Å². The highest BCUT2D eigenvalue weighted by Crippen LogP contribution is 2.41. The van der Waals surface area contributed by atoms with Gasteiger partial charge in [0, 0.05) is 11.6 Å². The van der Waals surface area contributed by atoms with E-state index < -0.39 is 23.5 Å². The molecule has 0 bridgehead atoms. The minimum atomic E-state index is -1.15. The van der Waals surface area contributed by atoms with Gasteiger partial charge < -0.3 is 5.73 Å². The standard InChI is InChI=1S/C10H10F3N/c11-6-3-4-7(12)9(13)8(6)10(14)5-1-2-5/h3-5,10H,1-2,14H2/t10-/m0/s1. The summed E-state index contributed by atoms with van der Waals surface area (Å²) >= 11 is 0. The molecule has 0 unspecified atom stereocenters. The van der Waals surface area contributed by atoms with Crippen molar-refractivity contribution < 1.29 is 13.2 Å². The summed E-state index contributed by atoms with van der Waals surface area (Å²) in [5, 5.41) is 0. The van der Waals surface area contributed by atoms with Gasteiger partial charge >= 0.3 is 0 Å². The Kier molecular flexibility index (Phi) is 2.23. The van der Waals surface area contributed by atoms with Crippen LogP contribution in [-0.2, 0) is 0 Å². The average molecular weight is 201 g/mol. The molecule has 0 amide bonds. The molecule has 2 N–H and O–H groups in total. The van der Waals surface area contributed by atoms with E-state index in [4.69, 9.17) is 5.73 Å². The lowest BCUT2D eigenvalue weighted by atomic mass is 10.0. The molecule has 1 aliphatic rings. The van der Waals surface area contributed by atoms with Crippen molar-refractivity contribution in [1.82, 2.24) is 0 Å². The maximum atomic E-state index is 13.2. The molecule has 76 valence electrons. The van der Waals surface area contributed by atoms with Gasteiger partial charge in [-0.2, -0.15) is 0 Å². The minimum absolute atomic E-state index is 0.0980. The zero-order chi connectivity index (χ0) is 10.3. The molecule has 14 heavy (non-hydrogen) atoms. The van der Waals surface area contributed by atoms with E-state index in [2.05, 4.69) is 0 Å².